The van der Waals surface area contributed by atoms with Crippen molar-refractivity contribution in [2.75, 3.05) is 0 Å². The molecule has 2 heterocycles. The number of hydrogen-bond acceptors (Lipinski definition) is 5. The summed E-state index contributed by atoms with van der Waals surface area (Å²) in [7, 11) is 0. The average Bonchev–Trinajstić information content (AvgIpc) is 2.90. The highest BCUT2D eigenvalue weighted by Gasteiger charge is 2.13. The number of fused-ring (bicyclic) bond motifs is 1. The summed E-state index contributed by atoms with van der Waals surface area (Å²) in [6.45, 7) is 0. The summed E-state index contributed by atoms with van der Waals surface area (Å²) in [5.74, 6) is -1.56. The minimum absolute atomic E-state index is 0.0466. The SMILES string of the molecule is O=C(O)c1ccc(F)c(Sc2ncnc3ccsc23)c1. The van der Waals surface area contributed by atoms with Crippen LogP contribution in [0, 0.1) is 5.82 Å². The molecule has 2 aromatic heterocycles. The largest absolute Gasteiger partial charge is 0.478 e. The first-order valence-corrected chi connectivity index (χ1v) is 7.23. The van der Waals surface area contributed by atoms with Crippen molar-refractivity contribution < 1.29 is 14.3 Å². The van der Waals surface area contributed by atoms with Gasteiger partial charge in [0.1, 0.15) is 17.2 Å². The molecule has 4 nitrogen and oxygen atoms in total. The van der Waals surface area contributed by atoms with Gasteiger partial charge in [-0.2, -0.15) is 0 Å². The molecule has 0 bridgehead atoms. The van der Waals surface area contributed by atoms with E-state index in [9.17, 15) is 9.18 Å². The number of aromatic carboxylic acids is 1. The molecule has 0 radical (unpaired) electrons. The van der Waals surface area contributed by atoms with Crippen LogP contribution in [0.4, 0.5) is 4.39 Å². The number of carboxylic acid groups (broad SMARTS) is 1. The van der Waals surface area contributed by atoms with E-state index < -0.39 is 11.8 Å². The highest BCUT2D eigenvalue weighted by atomic mass is 32.2. The number of benzene rings is 1. The summed E-state index contributed by atoms with van der Waals surface area (Å²) < 4.78 is 14.6. The second-order valence-corrected chi connectivity index (χ2v) is 5.81. The summed E-state index contributed by atoms with van der Waals surface area (Å²) in [6, 6.07) is 5.56. The Hall–Kier alpha value is -1.99. The maximum Gasteiger partial charge on any atom is 0.335 e. The lowest BCUT2D eigenvalue weighted by atomic mass is 10.2. The molecule has 100 valence electrons. The molecule has 7 heteroatoms. The summed E-state index contributed by atoms with van der Waals surface area (Å²) in [4.78, 5) is 19.4. The Kier molecular flexibility index (Phi) is 3.37. The van der Waals surface area contributed by atoms with E-state index in [-0.39, 0.29) is 10.5 Å². The Labute approximate surface area is 121 Å². The van der Waals surface area contributed by atoms with Crippen LogP contribution in [-0.4, -0.2) is 21.0 Å². The molecule has 1 aromatic carbocycles. The predicted octanol–water partition coefficient (Wildman–Crippen LogP) is 3.68. The van der Waals surface area contributed by atoms with E-state index >= 15 is 0 Å². The fraction of sp³-hybridized carbons (Fsp3) is 0. The lowest BCUT2D eigenvalue weighted by molar-refractivity contribution is 0.0696. The maximum atomic E-state index is 13.8. The summed E-state index contributed by atoms with van der Waals surface area (Å²) in [5, 5.41) is 11.4. The number of halogens is 1. The van der Waals surface area contributed by atoms with Gasteiger partial charge in [-0.15, -0.1) is 11.3 Å². The number of carboxylic acids is 1. The van der Waals surface area contributed by atoms with E-state index in [0.29, 0.717) is 5.03 Å². The fourth-order valence-electron chi connectivity index (χ4n) is 1.66. The van der Waals surface area contributed by atoms with Crippen LogP contribution in [0.1, 0.15) is 10.4 Å². The number of hydrogen-bond donors (Lipinski definition) is 1. The summed E-state index contributed by atoms with van der Waals surface area (Å²) >= 11 is 2.57. The molecular weight excluding hydrogens is 299 g/mol. The van der Waals surface area contributed by atoms with Crippen LogP contribution in [0.3, 0.4) is 0 Å². The third kappa shape index (κ3) is 2.37. The van der Waals surface area contributed by atoms with E-state index in [2.05, 4.69) is 9.97 Å². The zero-order chi connectivity index (χ0) is 14.1. The van der Waals surface area contributed by atoms with E-state index in [4.69, 9.17) is 5.11 Å². The number of carbonyl (C=O) groups is 1. The van der Waals surface area contributed by atoms with Crippen LogP contribution in [0.15, 0.2) is 45.9 Å². The zero-order valence-corrected chi connectivity index (χ0v) is 11.5. The van der Waals surface area contributed by atoms with Gasteiger partial charge in [-0.25, -0.2) is 19.2 Å². The topological polar surface area (TPSA) is 63.1 Å². The third-order valence-electron chi connectivity index (χ3n) is 2.60. The van der Waals surface area contributed by atoms with Crippen LogP contribution >= 0.6 is 23.1 Å². The second kappa shape index (κ2) is 5.18. The first-order valence-electron chi connectivity index (χ1n) is 5.54. The van der Waals surface area contributed by atoms with Crippen molar-refractivity contribution in [1.82, 2.24) is 9.97 Å². The van der Waals surface area contributed by atoms with Gasteiger partial charge < -0.3 is 5.11 Å². The van der Waals surface area contributed by atoms with Crippen molar-refractivity contribution in [2.24, 2.45) is 0 Å². The zero-order valence-electron chi connectivity index (χ0n) is 9.91. The van der Waals surface area contributed by atoms with E-state index in [1.807, 2.05) is 11.4 Å². The Morgan fingerprint density at radius 1 is 1.30 bits per heavy atom. The Balaban J connectivity index is 2.04. The summed E-state index contributed by atoms with van der Waals surface area (Å²) in [5.41, 5.74) is 0.840. The van der Waals surface area contributed by atoms with Gasteiger partial charge in [0, 0.05) is 0 Å². The molecule has 1 N–H and O–H groups in total. The first kappa shape index (κ1) is 13.0. The normalized spacial score (nSPS) is 10.8. The maximum absolute atomic E-state index is 13.8. The molecule has 0 fully saturated rings. The number of nitrogens with zero attached hydrogens (tertiary/aromatic N) is 2. The minimum atomic E-state index is -1.09. The molecule has 0 aliphatic heterocycles. The minimum Gasteiger partial charge on any atom is -0.478 e. The van der Waals surface area contributed by atoms with Gasteiger partial charge in [0.15, 0.2) is 0 Å². The smallest absolute Gasteiger partial charge is 0.335 e. The highest BCUT2D eigenvalue weighted by molar-refractivity contribution is 7.99. The summed E-state index contributed by atoms with van der Waals surface area (Å²) in [6.07, 6.45) is 1.41. The lowest BCUT2D eigenvalue weighted by Crippen LogP contribution is -1.97. The van der Waals surface area contributed by atoms with Crippen molar-refractivity contribution >= 4 is 39.3 Å². The first-order chi connectivity index (χ1) is 9.65. The standard InChI is InChI=1S/C13H7FN2O2S2/c14-8-2-1-7(13(17)18)5-10(8)20-12-11-9(3-4-19-11)15-6-16-12/h1-6H,(H,17,18). The van der Waals surface area contributed by atoms with Gasteiger partial charge in [-0.05, 0) is 29.6 Å². The van der Waals surface area contributed by atoms with Gasteiger partial charge in [0.05, 0.1) is 20.7 Å². The Morgan fingerprint density at radius 3 is 2.95 bits per heavy atom. The van der Waals surface area contributed by atoms with Gasteiger partial charge in [-0.1, -0.05) is 11.8 Å². The molecule has 0 saturated carbocycles. The van der Waals surface area contributed by atoms with Crippen molar-refractivity contribution in [3.05, 3.63) is 47.4 Å². The Bertz CT molecular complexity index is 804. The second-order valence-electron chi connectivity index (χ2n) is 3.87. The van der Waals surface area contributed by atoms with Crippen molar-refractivity contribution in [2.45, 2.75) is 9.92 Å². The van der Waals surface area contributed by atoms with Gasteiger partial charge in [-0.3, -0.25) is 0 Å². The molecule has 3 rings (SSSR count). The third-order valence-corrected chi connectivity index (χ3v) is 4.67. The van der Waals surface area contributed by atoms with Crippen LogP contribution in [0.5, 0.6) is 0 Å². The highest BCUT2D eigenvalue weighted by Crippen LogP contribution is 2.35. The van der Waals surface area contributed by atoms with Crippen LogP contribution in [0.25, 0.3) is 10.2 Å². The monoisotopic (exact) mass is 306 g/mol. The molecular formula is C13H7FN2O2S2. The van der Waals surface area contributed by atoms with Crippen LogP contribution in [0.2, 0.25) is 0 Å². The molecule has 0 aliphatic carbocycles. The number of rotatable bonds is 3. The van der Waals surface area contributed by atoms with Crippen molar-refractivity contribution in [1.29, 1.82) is 0 Å². The van der Waals surface area contributed by atoms with E-state index in [0.717, 1.165) is 28.0 Å². The van der Waals surface area contributed by atoms with Gasteiger partial charge in [0.2, 0.25) is 0 Å². The number of thiophene rings is 1. The van der Waals surface area contributed by atoms with Gasteiger partial charge in [0.25, 0.3) is 0 Å². The molecule has 0 atom stereocenters. The van der Waals surface area contributed by atoms with E-state index in [1.165, 1.54) is 29.8 Å². The molecule has 0 amide bonds. The fourth-order valence-corrected chi connectivity index (χ4v) is 3.51. The molecule has 20 heavy (non-hydrogen) atoms. The molecule has 0 aliphatic rings. The van der Waals surface area contributed by atoms with E-state index in [1.54, 1.807) is 0 Å². The quantitative estimate of drug-likeness (QED) is 0.748. The van der Waals surface area contributed by atoms with Crippen molar-refractivity contribution in [3.63, 3.8) is 0 Å². The van der Waals surface area contributed by atoms with Crippen LogP contribution < -0.4 is 0 Å². The molecule has 3 aromatic rings. The van der Waals surface area contributed by atoms with Gasteiger partial charge >= 0.3 is 5.97 Å². The molecule has 0 spiro atoms. The number of aromatic nitrogens is 2. The Morgan fingerprint density at radius 2 is 2.15 bits per heavy atom. The molecule has 0 unspecified atom stereocenters. The predicted molar refractivity (Wildman–Crippen MR) is 74.9 cm³/mol. The van der Waals surface area contributed by atoms with Crippen molar-refractivity contribution in [3.8, 4) is 0 Å². The van der Waals surface area contributed by atoms with Crippen LogP contribution in [-0.2, 0) is 0 Å². The average molecular weight is 306 g/mol. The molecule has 0 saturated heterocycles. The lowest BCUT2D eigenvalue weighted by Gasteiger charge is -2.04.